The summed E-state index contributed by atoms with van der Waals surface area (Å²) in [6.45, 7) is 1.48. The number of nitrogens with two attached hydrogens (primary N) is 1. The Hall–Kier alpha value is -5.13. The number of fused-ring (bicyclic) bond motifs is 3. The summed E-state index contributed by atoms with van der Waals surface area (Å²) in [5, 5.41) is 11.0. The van der Waals surface area contributed by atoms with Crippen LogP contribution in [0.4, 0.5) is 5.82 Å². The van der Waals surface area contributed by atoms with Crippen molar-refractivity contribution in [1.29, 1.82) is 0 Å². The molecule has 4 aromatic heterocycles. The highest BCUT2D eigenvalue weighted by Gasteiger charge is 2.45. The van der Waals surface area contributed by atoms with Crippen molar-refractivity contribution in [3.8, 4) is 28.1 Å². The van der Waals surface area contributed by atoms with Gasteiger partial charge in [0.15, 0.2) is 11.4 Å². The number of ketones is 1. The fourth-order valence-corrected chi connectivity index (χ4v) is 6.47. The normalized spacial score (nSPS) is 21.1. The van der Waals surface area contributed by atoms with Crippen LogP contribution in [0.2, 0.25) is 0 Å². The maximum Gasteiger partial charge on any atom is 0.291 e. The number of hydrogen-bond donors (Lipinski definition) is 2. The standard InChI is InChI=1S/C30H29N9O3/c1-16(40)25-26(19-11-20-6-7-21(12-19)38(20)30(41)28-33-15-34-37-28)36-29-23(14-35-39(29)27(25)31)18-5-10-24(32-13-18)17-3-8-22(42-2)9-4-17/h3-5,8-10,13-15,19-21H,6-7,11-12,31H2,1-2H3,(H,33,34,37)/t19?,20-,21+/i2D3. The lowest BCUT2D eigenvalue weighted by Crippen LogP contribution is -2.46. The number of carbonyl (C=O) groups is 2. The Balaban J connectivity index is 1.20. The van der Waals surface area contributed by atoms with Crippen molar-refractivity contribution >= 4 is 23.2 Å². The number of hydrogen-bond acceptors (Lipinski definition) is 9. The molecule has 212 valence electrons. The number of H-pyrrole nitrogens is 1. The third-order valence-electron chi connectivity index (χ3n) is 8.38. The largest absolute Gasteiger partial charge is 0.497 e. The van der Waals surface area contributed by atoms with Crippen LogP contribution in [0.15, 0.2) is 55.1 Å². The van der Waals surface area contributed by atoms with Crippen molar-refractivity contribution in [3.05, 3.63) is 72.2 Å². The summed E-state index contributed by atoms with van der Waals surface area (Å²) >= 11 is 0. The zero-order valence-electron chi connectivity index (χ0n) is 25.7. The van der Waals surface area contributed by atoms with Gasteiger partial charge < -0.3 is 15.4 Å². The van der Waals surface area contributed by atoms with Crippen molar-refractivity contribution in [1.82, 2.24) is 39.7 Å². The first-order valence-electron chi connectivity index (χ1n) is 15.2. The number of nitrogens with zero attached hydrogens (tertiary/aromatic N) is 7. The van der Waals surface area contributed by atoms with Gasteiger partial charge in [0.1, 0.15) is 17.9 Å². The van der Waals surface area contributed by atoms with Gasteiger partial charge in [0.25, 0.3) is 5.91 Å². The van der Waals surface area contributed by atoms with Crippen LogP contribution in [0.3, 0.4) is 0 Å². The van der Waals surface area contributed by atoms with Gasteiger partial charge in [-0.3, -0.25) is 19.7 Å². The Morgan fingerprint density at radius 2 is 1.81 bits per heavy atom. The Bertz CT molecular complexity index is 1890. The number of Topliss-reactive ketones (excluding diaryl/α,β-unsaturated/α-hetero) is 1. The summed E-state index contributed by atoms with van der Waals surface area (Å²) in [6.07, 6.45) is 7.71. The number of nitrogen functional groups attached to an aromatic ring is 1. The molecule has 3 N–H and O–H groups in total. The molecule has 0 aliphatic carbocycles. The van der Waals surface area contributed by atoms with Crippen LogP contribution in [-0.2, 0) is 0 Å². The topological polar surface area (TPSA) is 157 Å². The summed E-state index contributed by atoms with van der Waals surface area (Å²) in [6, 6.07) is 10.4. The molecule has 2 aliphatic rings. The summed E-state index contributed by atoms with van der Waals surface area (Å²) in [7, 11) is -2.52. The number of methoxy groups -OCH3 is 1. The Morgan fingerprint density at radius 3 is 2.45 bits per heavy atom. The van der Waals surface area contributed by atoms with E-state index in [4.69, 9.17) is 19.6 Å². The lowest BCUT2D eigenvalue weighted by atomic mass is 9.85. The number of ether oxygens (including phenoxy) is 1. The highest BCUT2D eigenvalue weighted by molar-refractivity contribution is 6.00. The molecule has 42 heavy (non-hydrogen) atoms. The number of amides is 1. The maximum absolute atomic E-state index is 13.2. The number of carbonyl (C=O) groups excluding carboxylic acids is 2. The van der Waals surface area contributed by atoms with Crippen LogP contribution >= 0.6 is 0 Å². The van der Waals surface area contributed by atoms with E-state index in [2.05, 4.69) is 25.3 Å². The molecule has 0 spiro atoms. The van der Waals surface area contributed by atoms with Crippen molar-refractivity contribution in [3.63, 3.8) is 0 Å². The highest BCUT2D eigenvalue weighted by atomic mass is 16.5. The van der Waals surface area contributed by atoms with Crippen LogP contribution < -0.4 is 10.5 Å². The fraction of sp³-hybridized carbons (Fsp3) is 0.300. The molecule has 6 heterocycles. The first-order valence-corrected chi connectivity index (χ1v) is 13.7. The molecule has 0 radical (unpaired) electrons. The summed E-state index contributed by atoms with van der Waals surface area (Å²) in [5.41, 5.74) is 11.0. The van der Waals surface area contributed by atoms with E-state index in [-0.39, 0.29) is 47.1 Å². The number of aromatic nitrogens is 7. The molecule has 5 aromatic rings. The van der Waals surface area contributed by atoms with Crippen LogP contribution in [0, 0.1) is 0 Å². The van der Waals surface area contributed by atoms with Gasteiger partial charge in [-0.25, -0.2) is 9.97 Å². The van der Waals surface area contributed by atoms with E-state index in [1.165, 1.54) is 17.8 Å². The minimum atomic E-state index is -2.52. The SMILES string of the molecule is [2H]C([2H])([2H])Oc1ccc(-c2ccc(-c3cnn4c(N)c(C(C)=O)c(C5C[C@H]6CC[C@@H](C5)N6C(=O)c5ncn[nH]5)nc34)cn2)cc1. The predicted octanol–water partition coefficient (Wildman–Crippen LogP) is 3.92. The smallest absolute Gasteiger partial charge is 0.291 e. The highest BCUT2D eigenvalue weighted by Crippen LogP contribution is 2.45. The Kier molecular flexibility index (Phi) is 5.40. The maximum atomic E-state index is 13.2. The lowest BCUT2D eigenvalue weighted by molar-refractivity contribution is 0.0556. The number of anilines is 1. The molecule has 7 rings (SSSR count). The Morgan fingerprint density at radius 1 is 1.05 bits per heavy atom. The molecule has 1 unspecified atom stereocenters. The minimum absolute atomic E-state index is 0.0133. The molecule has 2 aliphatic heterocycles. The van der Waals surface area contributed by atoms with Crippen LogP contribution in [-0.4, -0.2) is 70.5 Å². The van der Waals surface area contributed by atoms with Crippen molar-refractivity contribution < 1.29 is 18.4 Å². The first kappa shape index (κ1) is 22.5. The fourth-order valence-electron chi connectivity index (χ4n) is 6.47. The number of nitrogens with one attached hydrogen (secondary N) is 1. The van der Waals surface area contributed by atoms with E-state index in [1.807, 2.05) is 17.0 Å². The van der Waals surface area contributed by atoms with E-state index in [0.29, 0.717) is 41.0 Å². The second-order valence-corrected chi connectivity index (χ2v) is 10.8. The molecule has 1 aromatic carbocycles. The van der Waals surface area contributed by atoms with Gasteiger partial charge in [-0.15, -0.1) is 0 Å². The van der Waals surface area contributed by atoms with E-state index >= 15 is 0 Å². The van der Waals surface area contributed by atoms with Crippen molar-refractivity contribution in [2.75, 3.05) is 12.8 Å². The monoisotopic (exact) mass is 566 g/mol. The average Bonchev–Trinajstić information content (AvgIpc) is 3.75. The zero-order chi connectivity index (χ0) is 31.5. The second-order valence-electron chi connectivity index (χ2n) is 10.8. The quantitative estimate of drug-likeness (QED) is 0.291. The van der Waals surface area contributed by atoms with Crippen LogP contribution in [0.1, 0.15) is 69.3 Å². The van der Waals surface area contributed by atoms with E-state index in [0.717, 1.165) is 24.0 Å². The molecule has 0 saturated carbocycles. The molecular weight excluding hydrogens is 534 g/mol. The van der Waals surface area contributed by atoms with Gasteiger partial charge in [0.2, 0.25) is 5.82 Å². The van der Waals surface area contributed by atoms with Gasteiger partial charge in [-0.2, -0.15) is 14.7 Å². The second kappa shape index (κ2) is 10.1. The minimum Gasteiger partial charge on any atom is -0.497 e. The van der Waals surface area contributed by atoms with Gasteiger partial charge in [-0.1, -0.05) is 6.07 Å². The zero-order valence-corrected chi connectivity index (χ0v) is 22.7. The molecule has 3 atom stereocenters. The van der Waals surface area contributed by atoms with E-state index < -0.39 is 7.04 Å². The number of piperidine rings is 1. The molecular formula is C30H29N9O3. The molecule has 2 saturated heterocycles. The first-order chi connectivity index (χ1) is 21.6. The van der Waals surface area contributed by atoms with Gasteiger partial charge >= 0.3 is 0 Å². The van der Waals surface area contributed by atoms with Crippen LogP contribution in [0.5, 0.6) is 5.75 Å². The van der Waals surface area contributed by atoms with Crippen molar-refractivity contribution in [2.45, 2.75) is 50.6 Å². The lowest BCUT2D eigenvalue weighted by Gasteiger charge is -2.38. The van der Waals surface area contributed by atoms with Gasteiger partial charge in [0, 0.05) is 40.9 Å². The van der Waals surface area contributed by atoms with E-state index in [9.17, 15) is 9.59 Å². The number of aromatic amines is 1. The predicted molar refractivity (Wildman–Crippen MR) is 154 cm³/mol. The number of pyridine rings is 1. The molecule has 12 nitrogen and oxygen atoms in total. The summed E-state index contributed by atoms with van der Waals surface area (Å²) in [5.74, 6) is 0.260. The van der Waals surface area contributed by atoms with E-state index in [1.54, 1.807) is 36.7 Å². The third-order valence-corrected chi connectivity index (χ3v) is 8.38. The van der Waals surface area contributed by atoms with Gasteiger partial charge in [-0.05, 0) is 62.9 Å². The average molecular weight is 567 g/mol. The van der Waals surface area contributed by atoms with Crippen molar-refractivity contribution in [2.24, 2.45) is 0 Å². The molecule has 2 bridgehead atoms. The molecule has 12 heteroatoms. The Labute approximate surface area is 245 Å². The molecule has 1 amide bonds. The summed E-state index contributed by atoms with van der Waals surface area (Å²) in [4.78, 5) is 41.7. The van der Waals surface area contributed by atoms with Crippen LogP contribution in [0.25, 0.3) is 28.0 Å². The van der Waals surface area contributed by atoms with Gasteiger partial charge in [0.05, 0.1) is 34.3 Å². The summed E-state index contributed by atoms with van der Waals surface area (Å²) < 4.78 is 28.2. The number of rotatable bonds is 6. The number of benzene rings is 1. The third kappa shape index (κ3) is 4.18. The molecule has 2 fully saturated rings.